The molecule has 0 bridgehead atoms. The molecule has 0 unspecified atom stereocenters. The van der Waals surface area contributed by atoms with Gasteiger partial charge in [-0.25, -0.2) is 4.79 Å². The first-order valence-corrected chi connectivity index (χ1v) is 6.72. The summed E-state index contributed by atoms with van der Waals surface area (Å²) in [6.45, 7) is -3.05. The van der Waals surface area contributed by atoms with Crippen LogP contribution in [0.2, 0.25) is 0 Å². The maximum absolute atomic E-state index is 12.2. The van der Waals surface area contributed by atoms with E-state index in [0.29, 0.717) is 5.06 Å². The molecule has 2 aromatic rings. The molecule has 0 saturated heterocycles. The summed E-state index contributed by atoms with van der Waals surface area (Å²) in [6.07, 6.45) is 0. The zero-order valence-corrected chi connectivity index (χ0v) is 11.9. The van der Waals surface area contributed by atoms with E-state index in [-0.39, 0.29) is 22.4 Å². The number of halogens is 2. The van der Waals surface area contributed by atoms with Crippen molar-refractivity contribution in [3.8, 4) is 5.75 Å². The molecular formula is C16H9F2NO5. The molecule has 1 heterocycles. The van der Waals surface area contributed by atoms with E-state index in [1.807, 2.05) is 0 Å². The first-order chi connectivity index (χ1) is 11.5. The van der Waals surface area contributed by atoms with Crippen molar-refractivity contribution in [3.05, 3.63) is 65.2 Å². The summed E-state index contributed by atoms with van der Waals surface area (Å²) < 4.78 is 28.6. The van der Waals surface area contributed by atoms with Crippen LogP contribution in [0.15, 0.2) is 48.5 Å². The van der Waals surface area contributed by atoms with Gasteiger partial charge >= 0.3 is 12.6 Å². The first-order valence-electron chi connectivity index (χ1n) is 6.72. The third kappa shape index (κ3) is 2.81. The van der Waals surface area contributed by atoms with Crippen LogP contribution in [0, 0.1) is 0 Å². The Balaban J connectivity index is 1.79. The number of amides is 2. The van der Waals surface area contributed by atoms with Gasteiger partial charge in [0.05, 0.1) is 16.7 Å². The molecule has 0 aliphatic carbocycles. The molecule has 0 atom stereocenters. The smallest absolute Gasteiger partial charge is 0.387 e. The Morgan fingerprint density at radius 1 is 0.958 bits per heavy atom. The summed E-state index contributed by atoms with van der Waals surface area (Å²) >= 11 is 0. The second-order valence-corrected chi connectivity index (χ2v) is 4.74. The maximum atomic E-state index is 12.2. The van der Waals surface area contributed by atoms with Crippen LogP contribution < -0.4 is 4.74 Å². The summed E-state index contributed by atoms with van der Waals surface area (Å²) in [7, 11) is 0. The van der Waals surface area contributed by atoms with E-state index < -0.39 is 24.4 Å². The van der Waals surface area contributed by atoms with Crippen LogP contribution in [-0.2, 0) is 4.84 Å². The van der Waals surface area contributed by atoms with Crippen molar-refractivity contribution in [2.45, 2.75) is 6.61 Å². The SMILES string of the molecule is O=C(ON1C(=O)c2ccccc2C1=O)c1cccc(OC(F)F)c1. The summed E-state index contributed by atoms with van der Waals surface area (Å²) in [5.41, 5.74) is 0.0832. The number of benzene rings is 2. The van der Waals surface area contributed by atoms with Crippen molar-refractivity contribution in [2.75, 3.05) is 0 Å². The van der Waals surface area contributed by atoms with Crippen LogP contribution in [0.25, 0.3) is 0 Å². The number of fused-ring (bicyclic) bond motifs is 1. The van der Waals surface area contributed by atoms with Crippen LogP contribution in [0.5, 0.6) is 5.75 Å². The lowest BCUT2D eigenvalue weighted by Crippen LogP contribution is -2.32. The standard InChI is InChI=1S/C16H9F2NO5/c17-16(18)23-10-5-3-4-9(8-10)15(22)24-19-13(20)11-6-1-2-7-12(11)14(19)21/h1-8,16H. The van der Waals surface area contributed by atoms with E-state index in [9.17, 15) is 23.2 Å². The number of rotatable bonds is 4. The minimum Gasteiger partial charge on any atom is -0.435 e. The number of hydrogen-bond acceptors (Lipinski definition) is 5. The Morgan fingerprint density at radius 2 is 1.58 bits per heavy atom. The fraction of sp³-hybridized carbons (Fsp3) is 0.0625. The highest BCUT2D eigenvalue weighted by Crippen LogP contribution is 2.24. The number of nitrogens with zero attached hydrogens (tertiary/aromatic N) is 1. The molecule has 0 radical (unpaired) electrons. The van der Waals surface area contributed by atoms with Crippen molar-refractivity contribution in [3.63, 3.8) is 0 Å². The molecule has 122 valence electrons. The molecule has 0 fully saturated rings. The average molecular weight is 333 g/mol. The number of hydroxylamine groups is 2. The van der Waals surface area contributed by atoms with Crippen molar-refractivity contribution >= 4 is 17.8 Å². The molecule has 0 saturated carbocycles. The summed E-state index contributed by atoms with van der Waals surface area (Å²) in [5, 5.41) is 0.341. The van der Waals surface area contributed by atoms with Gasteiger partial charge in [0.15, 0.2) is 0 Å². The maximum Gasteiger partial charge on any atom is 0.387 e. The van der Waals surface area contributed by atoms with Gasteiger partial charge in [-0.2, -0.15) is 8.78 Å². The normalized spacial score (nSPS) is 13.2. The van der Waals surface area contributed by atoms with Crippen LogP contribution in [0.3, 0.4) is 0 Å². The Morgan fingerprint density at radius 3 is 2.17 bits per heavy atom. The predicted octanol–water partition coefficient (Wildman–Crippen LogP) is 2.66. The van der Waals surface area contributed by atoms with E-state index in [1.165, 1.54) is 30.3 Å². The zero-order chi connectivity index (χ0) is 17.3. The number of hydrogen-bond donors (Lipinski definition) is 0. The first kappa shape index (κ1) is 15.6. The summed E-state index contributed by atoms with van der Waals surface area (Å²) in [6, 6.07) is 10.8. The largest absolute Gasteiger partial charge is 0.435 e. The monoisotopic (exact) mass is 333 g/mol. The van der Waals surface area contributed by atoms with Gasteiger partial charge in [-0.1, -0.05) is 23.3 Å². The van der Waals surface area contributed by atoms with Crippen molar-refractivity contribution in [1.82, 2.24) is 5.06 Å². The van der Waals surface area contributed by atoms with E-state index in [4.69, 9.17) is 4.84 Å². The Kier molecular flexibility index (Phi) is 3.95. The highest BCUT2D eigenvalue weighted by molar-refractivity contribution is 6.21. The molecule has 3 rings (SSSR count). The van der Waals surface area contributed by atoms with Gasteiger partial charge in [-0.3, -0.25) is 9.59 Å². The second-order valence-electron chi connectivity index (χ2n) is 4.74. The fourth-order valence-electron chi connectivity index (χ4n) is 2.18. The van der Waals surface area contributed by atoms with E-state index in [1.54, 1.807) is 12.1 Å². The quantitative estimate of drug-likeness (QED) is 0.804. The third-order valence-electron chi connectivity index (χ3n) is 3.23. The number of alkyl halides is 2. The molecule has 1 aliphatic rings. The highest BCUT2D eigenvalue weighted by Gasteiger charge is 2.38. The number of ether oxygens (including phenoxy) is 1. The molecule has 1 aliphatic heterocycles. The van der Waals surface area contributed by atoms with Gasteiger partial charge in [0, 0.05) is 0 Å². The van der Waals surface area contributed by atoms with Gasteiger partial charge < -0.3 is 9.57 Å². The minimum atomic E-state index is -3.05. The molecule has 2 aromatic carbocycles. The van der Waals surface area contributed by atoms with Gasteiger partial charge in [-0.15, -0.1) is 0 Å². The summed E-state index contributed by atoms with van der Waals surface area (Å²) in [4.78, 5) is 41.1. The predicted molar refractivity (Wildman–Crippen MR) is 75.4 cm³/mol. The number of imide groups is 1. The van der Waals surface area contributed by atoms with Crippen LogP contribution in [-0.4, -0.2) is 29.5 Å². The average Bonchev–Trinajstić information content (AvgIpc) is 2.80. The summed E-state index contributed by atoms with van der Waals surface area (Å²) in [5.74, 6) is -2.85. The van der Waals surface area contributed by atoms with Crippen molar-refractivity contribution in [2.24, 2.45) is 0 Å². The lowest BCUT2D eigenvalue weighted by molar-refractivity contribution is -0.0588. The number of carbonyl (C=O) groups is 3. The minimum absolute atomic E-state index is 0.116. The van der Waals surface area contributed by atoms with Crippen molar-refractivity contribution in [1.29, 1.82) is 0 Å². The van der Waals surface area contributed by atoms with Crippen LogP contribution in [0.1, 0.15) is 31.1 Å². The van der Waals surface area contributed by atoms with Crippen LogP contribution in [0.4, 0.5) is 8.78 Å². The molecule has 0 N–H and O–H groups in total. The molecule has 0 aromatic heterocycles. The molecular weight excluding hydrogens is 324 g/mol. The lowest BCUT2D eigenvalue weighted by Gasteiger charge is -2.13. The molecule has 8 heteroatoms. The van der Waals surface area contributed by atoms with Crippen molar-refractivity contribution < 1.29 is 32.7 Å². The Bertz CT molecular complexity index is 802. The van der Waals surface area contributed by atoms with E-state index in [0.717, 1.165) is 6.07 Å². The highest BCUT2D eigenvalue weighted by atomic mass is 19.3. The lowest BCUT2D eigenvalue weighted by atomic mass is 10.1. The Labute approximate surface area is 134 Å². The second kappa shape index (κ2) is 6.07. The topological polar surface area (TPSA) is 72.9 Å². The Hall–Kier alpha value is -3.29. The molecule has 6 nitrogen and oxygen atoms in total. The van der Waals surface area contributed by atoms with Crippen LogP contribution >= 0.6 is 0 Å². The molecule has 2 amide bonds. The van der Waals surface area contributed by atoms with Gasteiger partial charge in [0.1, 0.15) is 5.75 Å². The molecule has 24 heavy (non-hydrogen) atoms. The van der Waals surface area contributed by atoms with E-state index >= 15 is 0 Å². The van der Waals surface area contributed by atoms with E-state index in [2.05, 4.69) is 4.74 Å². The van der Waals surface area contributed by atoms with Gasteiger partial charge in [0.25, 0.3) is 11.8 Å². The van der Waals surface area contributed by atoms with Gasteiger partial charge in [0.2, 0.25) is 0 Å². The zero-order valence-electron chi connectivity index (χ0n) is 11.9. The fourth-order valence-corrected chi connectivity index (χ4v) is 2.18. The third-order valence-corrected chi connectivity index (χ3v) is 3.23. The number of carbonyl (C=O) groups excluding carboxylic acids is 3. The molecule has 0 spiro atoms. The van der Waals surface area contributed by atoms with Gasteiger partial charge in [-0.05, 0) is 30.3 Å².